The zero-order valence-electron chi connectivity index (χ0n) is 19.2. The summed E-state index contributed by atoms with van der Waals surface area (Å²) in [7, 11) is 0. The average Bonchev–Trinajstić information content (AvgIpc) is 3.31. The summed E-state index contributed by atoms with van der Waals surface area (Å²) in [6.45, 7) is 0. The van der Waals surface area contributed by atoms with E-state index < -0.39 is 11.2 Å². The minimum absolute atomic E-state index is 0.478. The molecule has 0 fully saturated rings. The number of hydrogen-bond acceptors (Lipinski definition) is 3. The topological polar surface area (TPSA) is 53.6 Å². The molecule has 0 saturated heterocycles. The molecule has 4 heteroatoms. The van der Waals surface area contributed by atoms with Crippen LogP contribution in [0.5, 0.6) is 0 Å². The van der Waals surface area contributed by atoms with Crippen molar-refractivity contribution in [2.75, 3.05) is 0 Å². The molecule has 2 unspecified atom stereocenters. The fourth-order valence-corrected chi connectivity index (χ4v) is 6.06. The summed E-state index contributed by atoms with van der Waals surface area (Å²) in [4.78, 5) is 0. The van der Waals surface area contributed by atoms with E-state index >= 15 is 0 Å². The molecule has 3 nitrogen and oxygen atoms in total. The Morgan fingerprint density at radius 1 is 0.528 bits per heavy atom. The van der Waals surface area contributed by atoms with E-state index in [0.29, 0.717) is 38.4 Å². The Morgan fingerprint density at radius 2 is 1.14 bits per heavy atom. The van der Waals surface area contributed by atoms with Crippen molar-refractivity contribution in [3.63, 3.8) is 0 Å². The Kier molecular flexibility index (Phi) is 4.49. The van der Waals surface area contributed by atoms with Crippen LogP contribution in [0, 0.1) is 0 Å². The molecule has 0 amide bonds. The first-order valence-electron chi connectivity index (χ1n) is 11.8. The van der Waals surface area contributed by atoms with E-state index in [9.17, 15) is 10.2 Å². The minimum atomic E-state index is -1.59. The van der Waals surface area contributed by atoms with Gasteiger partial charge < -0.3 is 14.6 Å². The quantitative estimate of drug-likeness (QED) is 0.273. The lowest BCUT2D eigenvalue weighted by Crippen LogP contribution is -2.44. The van der Waals surface area contributed by atoms with Crippen molar-refractivity contribution in [2.45, 2.75) is 11.2 Å². The number of para-hydroxylation sites is 1. The fourth-order valence-electron chi connectivity index (χ4n) is 5.89. The first-order chi connectivity index (χ1) is 17.5. The molecule has 2 atom stereocenters. The van der Waals surface area contributed by atoms with Crippen LogP contribution in [0.1, 0.15) is 33.4 Å². The van der Waals surface area contributed by atoms with Gasteiger partial charge in [0, 0.05) is 26.9 Å². The number of furan rings is 1. The highest BCUT2D eigenvalue weighted by Gasteiger charge is 2.51. The number of aliphatic hydroxyl groups is 2. The van der Waals surface area contributed by atoms with E-state index in [1.165, 1.54) is 0 Å². The lowest BCUT2D eigenvalue weighted by Gasteiger charge is -2.45. The highest BCUT2D eigenvalue weighted by molar-refractivity contribution is 6.30. The lowest BCUT2D eigenvalue weighted by molar-refractivity contribution is 0.0756. The zero-order valence-corrected chi connectivity index (χ0v) is 19.9. The molecule has 0 bridgehead atoms. The van der Waals surface area contributed by atoms with Gasteiger partial charge in [0.05, 0.1) is 0 Å². The summed E-state index contributed by atoms with van der Waals surface area (Å²) in [6, 6.07) is 36.0. The van der Waals surface area contributed by atoms with Gasteiger partial charge in [-0.3, -0.25) is 0 Å². The Bertz CT molecular complexity index is 1790. The first kappa shape index (κ1) is 21.4. The van der Waals surface area contributed by atoms with Crippen molar-refractivity contribution >= 4 is 33.5 Å². The zero-order chi connectivity index (χ0) is 24.5. The molecule has 6 aromatic rings. The highest BCUT2D eigenvalue weighted by atomic mass is 35.5. The van der Waals surface area contributed by atoms with Gasteiger partial charge in [-0.15, -0.1) is 0 Å². The van der Waals surface area contributed by atoms with Crippen LogP contribution in [-0.2, 0) is 11.2 Å². The lowest BCUT2D eigenvalue weighted by atomic mass is 9.63. The molecule has 0 radical (unpaired) electrons. The van der Waals surface area contributed by atoms with Crippen LogP contribution in [0.3, 0.4) is 0 Å². The van der Waals surface area contributed by atoms with E-state index in [4.69, 9.17) is 16.0 Å². The summed E-state index contributed by atoms with van der Waals surface area (Å²) in [6.07, 6.45) is 0. The van der Waals surface area contributed by atoms with Crippen molar-refractivity contribution in [3.8, 4) is 0 Å². The van der Waals surface area contributed by atoms with Crippen molar-refractivity contribution in [3.05, 3.63) is 154 Å². The Hall–Kier alpha value is -3.89. The Balaban J connectivity index is 1.65. The van der Waals surface area contributed by atoms with E-state index in [1.54, 1.807) is 12.1 Å². The number of hydrogen-bond donors (Lipinski definition) is 2. The molecule has 2 N–H and O–H groups in total. The van der Waals surface area contributed by atoms with Gasteiger partial charge in [0.1, 0.15) is 22.4 Å². The van der Waals surface area contributed by atoms with Crippen LogP contribution in [-0.4, -0.2) is 10.2 Å². The maximum absolute atomic E-state index is 12.9. The molecule has 1 aliphatic rings. The van der Waals surface area contributed by atoms with Crippen LogP contribution in [0.4, 0.5) is 0 Å². The molecule has 0 spiro atoms. The van der Waals surface area contributed by atoms with Crippen LogP contribution in [0.25, 0.3) is 21.9 Å². The van der Waals surface area contributed by atoms with Gasteiger partial charge in [0.2, 0.25) is 0 Å². The molecule has 0 aliphatic heterocycles. The summed E-state index contributed by atoms with van der Waals surface area (Å²) in [5.74, 6) is 0. The molecular weight excluding hydrogens is 468 g/mol. The molecule has 5 aromatic carbocycles. The van der Waals surface area contributed by atoms with Crippen molar-refractivity contribution in [2.24, 2.45) is 0 Å². The van der Waals surface area contributed by atoms with Gasteiger partial charge in [0.15, 0.2) is 0 Å². The predicted octanol–water partition coefficient (Wildman–Crippen LogP) is 7.12. The fraction of sp³-hybridized carbons (Fsp3) is 0.0625. The number of halogens is 1. The number of rotatable bonds is 2. The molecule has 7 rings (SSSR count). The van der Waals surface area contributed by atoms with Gasteiger partial charge >= 0.3 is 0 Å². The first-order valence-corrected chi connectivity index (χ1v) is 12.2. The van der Waals surface area contributed by atoms with Gasteiger partial charge in [0.25, 0.3) is 0 Å². The second-order valence-electron chi connectivity index (χ2n) is 9.30. The van der Waals surface area contributed by atoms with Gasteiger partial charge in [-0.25, -0.2) is 0 Å². The third-order valence-electron chi connectivity index (χ3n) is 7.45. The summed E-state index contributed by atoms with van der Waals surface area (Å²) in [5.41, 5.74) is 2.11. The van der Waals surface area contributed by atoms with Gasteiger partial charge in [-0.05, 0) is 46.5 Å². The smallest absolute Gasteiger partial charge is 0.142 e. The van der Waals surface area contributed by atoms with Crippen molar-refractivity contribution < 1.29 is 14.6 Å². The number of benzene rings is 5. The van der Waals surface area contributed by atoms with Gasteiger partial charge in [-0.2, -0.15) is 0 Å². The normalized spacial score (nSPS) is 20.9. The van der Waals surface area contributed by atoms with E-state index in [1.807, 2.05) is 103 Å². The minimum Gasteiger partial charge on any atom is -0.456 e. The standard InChI is InChI=1S/C32H21ClO3/c33-21-17-18-25-27(19-21)32(35,26-14-8-16-29-30(26)22-11-4-7-15-28(22)36-29)24-13-6-5-12-23(24)31(25,34)20-9-2-1-3-10-20/h1-19,34-35H. The summed E-state index contributed by atoms with van der Waals surface area (Å²) in [5, 5.41) is 27.6. The molecule has 174 valence electrons. The van der Waals surface area contributed by atoms with Crippen LogP contribution >= 0.6 is 11.6 Å². The molecule has 0 saturated carbocycles. The average molecular weight is 489 g/mol. The third-order valence-corrected chi connectivity index (χ3v) is 7.69. The number of fused-ring (bicyclic) bond motifs is 5. The molecule has 1 aromatic heterocycles. The van der Waals surface area contributed by atoms with E-state index in [-0.39, 0.29) is 0 Å². The molecule has 1 aliphatic carbocycles. The van der Waals surface area contributed by atoms with Crippen molar-refractivity contribution in [1.29, 1.82) is 0 Å². The van der Waals surface area contributed by atoms with Crippen molar-refractivity contribution in [1.82, 2.24) is 0 Å². The summed E-state index contributed by atoms with van der Waals surface area (Å²) >= 11 is 6.54. The maximum atomic E-state index is 12.9. The predicted molar refractivity (Wildman–Crippen MR) is 142 cm³/mol. The second-order valence-corrected chi connectivity index (χ2v) is 9.74. The van der Waals surface area contributed by atoms with Crippen LogP contribution in [0.15, 0.2) is 120 Å². The molecule has 36 heavy (non-hydrogen) atoms. The van der Waals surface area contributed by atoms with E-state index in [0.717, 1.165) is 21.9 Å². The molecule has 1 heterocycles. The van der Waals surface area contributed by atoms with Crippen LogP contribution in [0.2, 0.25) is 5.02 Å². The third kappa shape index (κ3) is 2.71. The largest absolute Gasteiger partial charge is 0.456 e. The second kappa shape index (κ2) is 7.55. The van der Waals surface area contributed by atoms with E-state index in [2.05, 4.69) is 0 Å². The Labute approximate surface area is 212 Å². The molecular formula is C32H21ClO3. The van der Waals surface area contributed by atoms with Gasteiger partial charge in [-0.1, -0.05) is 103 Å². The Morgan fingerprint density at radius 3 is 1.94 bits per heavy atom. The maximum Gasteiger partial charge on any atom is 0.142 e. The SMILES string of the molecule is OC1(c2ccccc2)c2ccccc2C(O)(c2cccc3oc4ccccc4c23)c2cc(Cl)ccc21. The monoisotopic (exact) mass is 488 g/mol. The summed E-state index contributed by atoms with van der Waals surface area (Å²) < 4.78 is 6.15. The highest BCUT2D eigenvalue weighted by Crippen LogP contribution is 2.55. The van der Waals surface area contributed by atoms with Crippen LogP contribution < -0.4 is 0 Å².